The molecule has 0 saturated carbocycles. The molecule has 0 radical (unpaired) electrons. The maximum Gasteiger partial charge on any atom is 0.387 e. The van der Waals surface area contributed by atoms with Crippen LogP contribution in [0.5, 0.6) is 11.5 Å². The van der Waals surface area contributed by atoms with Crippen molar-refractivity contribution in [3.8, 4) is 11.5 Å². The standard InChI is InChI=1S/C22H26F2N2O4/c1-28-20-14-16(7-9-19(20)30-22(23)24)8-10-21(27)25-15-17(18-6-5-13-29-18)26-11-3-2-4-12-26/h5-10,13-14,17,22H,2-4,11-12,15H2,1H3,(H,25,27)/b10-8+. The predicted molar refractivity (Wildman–Crippen MR) is 109 cm³/mol. The molecule has 3 rings (SSSR count). The van der Waals surface area contributed by atoms with Gasteiger partial charge < -0.3 is 19.2 Å². The van der Waals surface area contributed by atoms with Gasteiger partial charge in [0, 0.05) is 12.6 Å². The Labute approximate surface area is 174 Å². The lowest BCUT2D eigenvalue weighted by Crippen LogP contribution is -2.40. The number of ether oxygens (including phenoxy) is 2. The number of amides is 1. The van der Waals surface area contributed by atoms with Crippen molar-refractivity contribution in [2.45, 2.75) is 31.9 Å². The molecule has 8 heteroatoms. The molecule has 1 saturated heterocycles. The number of methoxy groups -OCH3 is 1. The molecule has 1 fully saturated rings. The fourth-order valence-corrected chi connectivity index (χ4v) is 3.53. The number of halogens is 2. The summed E-state index contributed by atoms with van der Waals surface area (Å²) in [6.07, 6.45) is 8.13. The molecule has 1 unspecified atom stereocenters. The van der Waals surface area contributed by atoms with E-state index in [2.05, 4.69) is 15.0 Å². The molecule has 1 amide bonds. The molecule has 1 aromatic carbocycles. The number of alkyl halides is 2. The molecule has 0 bridgehead atoms. The maximum absolute atomic E-state index is 12.4. The number of benzene rings is 1. The minimum absolute atomic E-state index is 0.0106. The number of nitrogens with zero attached hydrogens (tertiary/aromatic N) is 1. The van der Waals surface area contributed by atoms with E-state index in [1.54, 1.807) is 18.4 Å². The van der Waals surface area contributed by atoms with Crippen LogP contribution in [-0.4, -0.2) is 44.2 Å². The van der Waals surface area contributed by atoms with Gasteiger partial charge in [-0.25, -0.2) is 0 Å². The van der Waals surface area contributed by atoms with Crippen LogP contribution in [0.4, 0.5) is 8.78 Å². The second-order valence-corrected chi connectivity index (χ2v) is 7.00. The number of nitrogens with one attached hydrogen (secondary N) is 1. The number of carbonyl (C=O) groups excluding carboxylic acids is 1. The molecule has 1 aliphatic rings. The summed E-state index contributed by atoms with van der Waals surface area (Å²) in [5.74, 6) is 0.689. The van der Waals surface area contributed by atoms with Gasteiger partial charge in [-0.05, 0) is 61.8 Å². The van der Waals surface area contributed by atoms with Gasteiger partial charge in [0.15, 0.2) is 11.5 Å². The van der Waals surface area contributed by atoms with Crippen molar-refractivity contribution in [3.63, 3.8) is 0 Å². The molecule has 1 N–H and O–H groups in total. The summed E-state index contributed by atoms with van der Waals surface area (Å²) >= 11 is 0. The zero-order valence-corrected chi connectivity index (χ0v) is 16.9. The Morgan fingerprint density at radius 1 is 1.23 bits per heavy atom. The minimum Gasteiger partial charge on any atom is -0.493 e. The van der Waals surface area contributed by atoms with E-state index in [1.807, 2.05) is 12.1 Å². The Balaban J connectivity index is 1.60. The Hall–Kier alpha value is -2.87. The van der Waals surface area contributed by atoms with Gasteiger partial charge in [-0.1, -0.05) is 12.5 Å². The Kier molecular flexibility index (Phi) is 7.84. The lowest BCUT2D eigenvalue weighted by Gasteiger charge is -2.33. The molecular formula is C22H26F2N2O4. The number of rotatable bonds is 9. The van der Waals surface area contributed by atoms with Crippen LogP contribution < -0.4 is 14.8 Å². The van der Waals surface area contributed by atoms with Crippen molar-refractivity contribution >= 4 is 12.0 Å². The third-order valence-corrected chi connectivity index (χ3v) is 5.00. The highest BCUT2D eigenvalue weighted by Gasteiger charge is 2.24. The smallest absolute Gasteiger partial charge is 0.387 e. The third kappa shape index (κ3) is 6.06. The lowest BCUT2D eigenvalue weighted by atomic mass is 10.1. The van der Waals surface area contributed by atoms with Crippen molar-refractivity contribution in [1.29, 1.82) is 0 Å². The monoisotopic (exact) mass is 420 g/mol. The zero-order valence-electron chi connectivity index (χ0n) is 16.9. The maximum atomic E-state index is 12.4. The SMILES string of the molecule is COc1cc(/C=C/C(=O)NCC(c2ccco2)N2CCCCC2)ccc1OC(F)F. The Morgan fingerprint density at radius 2 is 2.03 bits per heavy atom. The number of hydrogen-bond donors (Lipinski definition) is 1. The van der Waals surface area contributed by atoms with Crippen LogP contribution in [0.1, 0.15) is 36.6 Å². The molecule has 6 nitrogen and oxygen atoms in total. The zero-order chi connectivity index (χ0) is 21.3. The van der Waals surface area contributed by atoms with Crippen LogP contribution in [0.25, 0.3) is 6.08 Å². The Morgan fingerprint density at radius 3 is 2.70 bits per heavy atom. The summed E-state index contributed by atoms with van der Waals surface area (Å²) in [7, 11) is 1.36. The number of carbonyl (C=O) groups is 1. The van der Waals surface area contributed by atoms with Crippen molar-refractivity contribution in [1.82, 2.24) is 10.2 Å². The highest BCUT2D eigenvalue weighted by Crippen LogP contribution is 2.30. The second kappa shape index (κ2) is 10.8. The van der Waals surface area contributed by atoms with E-state index in [-0.39, 0.29) is 23.4 Å². The fraction of sp³-hybridized carbons (Fsp3) is 0.409. The molecule has 162 valence electrons. The molecule has 2 heterocycles. The first-order valence-corrected chi connectivity index (χ1v) is 9.93. The van der Waals surface area contributed by atoms with Crippen molar-refractivity contribution in [3.05, 3.63) is 54.0 Å². The summed E-state index contributed by atoms with van der Waals surface area (Å²) in [5.41, 5.74) is 0.627. The summed E-state index contributed by atoms with van der Waals surface area (Å²) < 4.78 is 39.9. The van der Waals surface area contributed by atoms with E-state index in [4.69, 9.17) is 9.15 Å². The van der Waals surface area contributed by atoms with Gasteiger partial charge in [0.05, 0.1) is 19.4 Å². The molecule has 30 heavy (non-hydrogen) atoms. The van der Waals surface area contributed by atoms with Crippen molar-refractivity contribution in [2.75, 3.05) is 26.7 Å². The van der Waals surface area contributed by atoms with Crippen LogP contribution >= 0.6 is 0 Å². The van der Waals surface area contributed by atoms with Crippen LogP contribution in [-0.2, 0) is 4.79 Å². The molecule has 1 aliphatic heterocycles. The summed E-state index contributed by atoms with van der Waals surface area (Å²) in [6.45, 7) is -0.553. The molecular weight excluding hydrogens is 394 g/mol. The molecule has 1 aromatic heterocycles. The van der Waals surface area contributed by atoms with Crippen LogP contribution in [0.15, 0.2) is 47.1 Å². The van der Waals surface area contributed by atoms with E-state index in [0.717, 1.165) is 31.7 Å². The normalized spacial score (nSPS) is 16.0. The van der Waals surface area contributed by atoms with Crippen LogP contribution in [0.3, 0.4) is 0 Å². The summed E-state index contributed by atoms with van der Waals surface area (Å²) in [5, 5.41) is 2.92. The average molecular weight is 420 g/mol. The quantitative estimate of drug-likeness (QED) is 0.615. The first-order chi connectivity index (χ1) is 14.6. The van der Waals surface area contributed by atoms with Gasteiger partial charge in [0.2, 0.25) is 5.91 Å². The van der Waals surface area contributed by atoms with E-state index < -0.39 is 6.61 Å². The van der Waals surface area contributed by atoms with Gasteiger partial charge in [-0.3, -0.25) is 9.69 Å². The van der Waals surface area contributed by atoms with Crippen LogP contribution in [0.2, 0.25) is 0 Å². The first-order valence-electron chi connectivity index (χ1n) is 9.93. The topological polar surface area (TPSA) is 63.9 Å². The average Bonchev–Trinajstić information content (AvgIpc) is 3.28. The van der Waals surface area contributed by atoms with Crippen molar-refractivity contribution in [2.24, 2.45) is 0 Å². The van der Waals surface area contributed by atoms with E-state index >= 15 is 0 Å². The van der Waals surface area contributed by atoms with Gasteiger partial charge in [-0.2, -0.15) is 8.78 Å². The number of hydrogen-bond acceptors (Lipinski definition) is 5. The van der Waals surface area contributed by atoms with Gasteiger partial charge >= 0.3 is 6.61 Å². The van der Waals surface area contributed by atoms with E-state index in [9.17, 15) is 13.6 Å². The van der Waals surface area contributed by atoms with Gasteiger partial charge in [0.1, 0.15) is 5.76 Å². The lowest BCUT2D eigenvalue weighted by molar-refractivity contribution is -0.116. The summed E-state index contributed by atoms with van der Waals surface area (Å²) in [4.78, 5) is 14.7. The predicted octanol–water partition coefficient (Wildman–Crippen LogP) is 4.25. The molecule has 0 aliphatic carbocycles. The highest BCUT2D eigenvalue weighted by atomic mass is 19.3. The van der Waals surface area contributed by atoms with Crippen LogP contribution in [0, 0.1) is 0 Å². The van der Waals surface area contributed by atoms with E-state index in [1.165, 1.54) is 31.7 Å². The Bertz CT molecular complexity index is 834. The largest absolute Gasteiger partial charge is 0.493 e. The number of furan rings is 1. The molecule has 2 aromatic rings. The third-order valence-electron chi connectivity index (χ3n) is 5.00. The van der Waals surface area contributed by atoms with E-state index in [0.29, 0.717) is 12.1 Å². The fourth-order valence-electron chi connectivity index (χ4n) is 3.53. The first kappa shape index (κ1) is 21.8. The second-order valence-electron chi connectivity index (χ2n) is 7.00. The van der Waals surface area contributed by atoms with Gasteiger partial charge in [-0.15, -0.1) is 0 Å². The van der Waals surface area contributed by atoms with Crippen molar-refractivity contribution < 1.29 is 27.5 Å². The highest BCUT2D eigenvalue weighted by molar-refractivity contribution is 5.91. The minimum atomic E-state index is -2.94. The van der Waals surface area contributed by atoms with Gasteiger partial charge in [0.25, 0.3) is 0 Å². The number of piperidine rings is 1. The molecule has 1 atom stereocenters. The molecule has 0 spiro atoms. The summed E-state index contributed by atoms with van der Waals surface area (Å²) in [6, 6.07) is 8.25. The number of likely N-dealkylation sites (tertiary alicyclic amines) is 1.